The van der Waals surface area contributed by atoms with Crippen LogP contribution in [0, 0.1) is 6.92 Å². The Hall–Kier alpha value is -3.02. The molecule has 0 radical (unpaired) electrons. The number of ether oxygens (including phenoxy) is 2. The summed E-state index contributed by atoms with van der Waals surface area (Å²) in [5.74, 6) is 1.38. The Labute approximate surface area is 166 Å². The van der Waals surface area contributed by atoms with Crippen LogP contribution in [0.25, 0.3) is 0 Å². The lowest BCUT2D eigenvalue weighted by atomic mass is 10.1. The second-order valence-electron chi connectivity index (χ2n) is 6.48. The molecule has 0 aliphatic rings. The smallest absolute Gasteiger partial charge is 0.224 e. The molecule has 0 atom stereocenters. The Balaban J connectivity index is 1.72. The average Bonchev–Trinajstić information content (AvgIpc) is 2.69. The van der Waals surface area contributed by atoms with E-state index in [4.69, 9.17) is 9.47 Å². The molecule has 6 heteroatoms. The summed E-state index contributed by atoms with van der Waals surface area (Å²) >= 11 is 0. The van der Waals surface area contributed by atoms with Gasteiger partial charge in [-0.15, -0.1) is 0 Å². The molecule has 2 amide bonds. The van der Waals surface area contributed by atoms with E-state index in [-0.39, 0.29) is 11.8 Å². The van der Waals surface area contributed by atoms with Gasteiger partial charge in [0.15, 0.2) is 0 Å². The zero-order valence-electron chi connectivity index (χ0n) is 16.7. The number of nitrogens with zero attached hydrogens (tertiary/aromatic N) is 1. The molecule has 0 aliphatic carbocycles. The summed E-state index contributed by atoms with van der Waals surface area (Å²) in [4.78, 5) is 25.6. The zero-order chi connectivity index (χ0) is 20.4. The first-order chi connectivity index (χ1) is 13.5. The van der Waals surface area contributed by atoms with Crippen molar-refractivity contribution in [3.8, 4) is 11.5 Å². The lowest BCUT2D eigenvalue weighted by Gasteiger charge is -2.21. The maximum atomic E-state index is 12.1. The van der Waals surface area contributed by atoms with Crippen LogP contribution in [0.3, 0.4) is 0 Å². The van der Waals surface area contributed by atoms with Crippen molar-refractivity contribution in [2.24, 2.45) is 0 Å². The monoisotopic (exact) mass is 384 g/mol. The van der Waals surface area contributed by atoms with Crippen molar-refractivity contribution >= 4 is 11.8 Å². The highest BCUT2D eigenvalue weighted by Crippen LogP contribution is 2.16. The standard InChI is InChI=1S/C22H28N2O4/c1-17-6-4-5-7-19(17)16-22(26)23-12-13-24(18(2)25)14-15-28-21-10-8-20(27-3)9-11-21/h4-11H,12-16H2,1-3H3,(H,23,26). The molecule has 28 heavy (non-hydrogen) atoms. The van der Waals surface area contributed by atoms with Crippen LogP contribution < -0.4 is 14.8 Å². The fourth-order valence-corrected chi connectivity index (χ4v) is 2.75. The molecule has 0 fully saturated rings. The first kappa shape index (κ1) is 21.3. The van der Waals surface area contributed by atoms with Crippen LogP contribution in [-0.4, -0.2) is 50.1 Å². The summed E-state index contributed by atoms with van der Waals surface area (Å²) in [7, 11) is 1.61. The molecule has 0 heterocycles. The van der Waals surface area contributed by atoms with Crippen molar-refractivity contribution in [2.75, 3.05) is 33.4 Å². The van der Waals surface area contributed by atoms with E-state index in [1.54, 1.807) is 12.0 Å². The van der Waals surface area contributed by atoms with E-state index < -0.39 is 0 Å². The van der Waals surface area contributed by atoms with Crippen molar-refractivity contribution in [3.05, 3.63) is 59.7 Å². The minimum atomic E-state index is -0.0496. The van der Waals surface area contributed by atoms with E-state index in [2.05, 4.69) is 5.32 Å². The molecule has 0 saturated carbocycles. The van der Waals surface area contributed by atoms with Gasteiger partial charge in [0, 0.05) is 20.0 Å². The SMILES string of the molecule is COc1ccc(OCCN(CCNC(=O)Cc2ccccc2C)C(C)=O)cc1. The van der Waals surface area contributed by atoms with Gasteiger partial charge in [0.2, 0.25) is 11.8 Å². The molecule has 0 aliphatic heterocycles. The van der Waals surface area contributed by atoms with Crippen molar-refractivity contribution in [1.29, 1.82) is 0 Å². The Bertz CT molecular complexity index is 774. The third-order valence-electron chi connectivity index (χ3n) is 4.45. The topological polar surface area (TPSA) is 67.9 Å². The van der Waals surface area contributed by atoms with E-state index in [0.29, 0.717) is 32.7 Å². The normalized spacial score (nSPS) is 10.2. The molecule has 2 aromatic carbocycles. The Kier molecular flexibility index (Phi) is 8.34. The van der Waals surface area contributed by atoms with Crippen LogP contribution >= 0.6 is 0 Å². The fourth-order valence-electron chi connectivity index (χ4n) is 2.75. The molecule has 0 aromatic heterocycles. The van der Waals surface area contributed by atoms with E-state index >= 15 is 0 Å². The van der Waals surface area contributed by atoms with Crippen LogP contribution in [0.4, 0.5) is 0 Å². The minimum absolute atomic E-state index is 0.0488. The van der Waals surface area contributed by atoms with E-state index in [9.17, 15) is 9.59 Å². The van der Waals surface area contributed by atoms with Crippen molar-refractivity contribution < 1.29 is 19.1 Å². The first-order valence-corrected chi connectivity index (χ1v) is 9.33. The maximum absolute atomic E-state index is 12.1. The molecule has 6 nitrogen and oxygen atoms in total. The zero-order valence-corrected chi connectivity index (χ0v) is 16.7. The fraction of sp³-hybridized carbons (Fsp3) is 0.364. The van der Waals surface area contributed by atoms with Gasteiger partial charge in [-0.2, -0.15) is 0 Å². The van der Waals surface area contributed by atoms with Crippen LogP contribution in [0.1, 0.15) is 18.1 Å². The molecule has 2 rings (SSSR count). The van der Waals surface area contributed by atoms with Gasteiger partial charge in [-0.3, -0.25) is 9.59 Å². The molecule has 0 saturated heterocycles. The van der Waals surface area contributed by atoms with Gasteiger partial charge < -0.3 is 19.7 Å². The number of aryl methyl sites for hydroxylation is 1. The van der Waals surface area contributed by atoms with Crippen molar-refractivity contribution in [1.82, 2.24) is 10.2 Å². The van der Waals surface area contributed by atoms with Gasteiger partial charge in [-0.05, 0) is 42.3 Å². The highest BCUT2D eigenvalue weighted by Gasteiger charge is 2.10. The van der Waals surface area contributed by atoms with Crippen LogP contribution in [0.5, 0.6) is 11.5 Å². The number of nitrogens with one attached hydrogen (secondary N) is 1. The molecule has 0 bridgehead atoms. The highest BCUT2D eigenvalue weighted by molar-refractivity contribution is 5.79. The summed E-state index contributed by atoms with van der Waals surface area (Å²) in [6.45, 7) is 5.19. The summed E-state index contributed by atoms with van der Waals surface area (Å²) in [6.07, 6.45) is 0.341. The molecule has 2 aromatic rings. The molecule has 1 N–H and O–H groups in total. The number of methoxy groups -OCH3 is 1. The van der Waals surface area contributed by atoms with Crippen molar-refractivity contribution in [3.63, 3.8) is 0 Å². The van der Waals surface area contributed by atoms with Gasteiger partial charge in [0.1, 0.15) is 18.1 Å². The predicted octanol–water partition coefficient (Wildman–Crippen LogP) is 2.59. The third-order valence-corrected chi connectivity index (χ3v) is 4.45. The highest BCUT2D eigenvalue weighted by atomic mass is 16.5. The predicted molar refractivity (Wildman–Crippen MR) is 109 cm³/mol. The molecular formula is C22H28N2O4. The molecule has 150 valence electrons. The number of carbonyl (C=O) groups excluding carboxylic acids is 2. The largest absolute Gasteiger partial charge is 0.497 e. The van der Waals surface area contributed by atoms with Gasteiger partial charge in [-0.1, -0.05) is 24.3 Å². The molecule has 0 unspecified atom stereocenters. The second-order valence-corrected chi connectivity index (χ2v) is 6.48. The maximum Gasteiger partial charge on any atom is 0.224 e. The summed E-state index contributed by atoms with van der Waals surface area (Å²) in [5.41, 5.74) is 2.11. The lowest BCUT2D eigenvalue weighted by molar-refractivity contribution is -0.129. The van der Waals surface area contributed by atoms with Crippen LogP contribution in [0.2, 0.25) is 0 Å². The second kappa shape index (κ2) is 11.0. The van der Waals surface area contributed by atoms with Gasteiger partial charge >= 0.3 is 0 Å². The number of hydrogen-bond donors (Lipinski definition) is 1. The number of hydrogen-bond acceptors (Lipinski definition) is 4. The quantitative estimate of drug-likeness (QED) is 0.684. The first-order valence-electron chi connectivity index (χ1n) is 9.33. The Morgan fingerprint density at radius 1 is 1.00 bits per heavy atom. The number of rotatable bonds is 10. The summed E-state index contributed by atoms with van der Waals surface area (Å²) in [6, 6.07) is 15.1. The molecule has 0 spiro atoms. The van der Waals surface area contributed by atoms with E-state index in [0.717, 1.165) is 22.6 Å². The third kappa shape index (κ3) is 6.95. The number of carbonyl (C=O) groups is 2. The van der Waals surface area contributed by atoms with Gasteiger partial charge in [0.05, 0.1) is 20.1 Å². The van der Waals surface area contributed by atoms with Crippen LogP contribution in [0.15, 0.2) is 48.5 Å². The summed E-state index contributed by atoms with van der Waals surface area (Å²) < 4.78 is 10.8. The number of amides is 2. The lowest BCUT2D eigenvalue weighted by Crippen LogP contribution is -2.39. The van der Waals surface area contributed by atoms with Gasteiger partial charge in [0.25, 0.3) is 0 Å². The Morgan fingerprint density at radius 3 is 2.32 bits per heavy atom. The molecular weight excluding hydrogens is 356 g/mol. The van der Waals surface area contributed by atoms with Crippen molar-refractivity contribution in [2.45, 2.75) is 20.3 Å². The number of benzene rings is 2. The average molecular weight is 384 g/mol. The van der Waals surface area contributed by atoms with E-state index in [1.165, 1.54) is 6.92 Å². The minimum Gasteiger partial charge on any atom is -0.497 e. The Morgan fingerprint density at radius 2 is 1.68 bits per heavy atom. The van der Waals surface area contributed by atoms with E-state index in [1.807, 2.05) is 55.5 Å². The van der Waals surface area contributed by atoms with Gasteiger partial charge in [-0.25, -0.2) is 0 Å². The summed E-state index contributed by atoms with van der Waals surface area (Å²) in [5, 5.41) is 2.88. The van der Waals surface area contributed by atoms with Crippen LogP contribution in [-0.2, 0) is 16.0 Å².